The van der Waals surface area contributed by atoms with Crippen LogP contribution in [0.2, 0.25) is 0 Å². The molecule has 1 aromatic rings. The van der Waals surface area contributed by atoms with Crippen LogP contribution in [-0.2, 0) is 0 Å². The zero-order valence-corrected chi connectivity index (χ0v) is 11.5. The molecule has 0 N–H and O–H groups in total. The Morgan fingerprint density at radius 3 is 2.10 bits per heavy atom. The third kappa shape index (κ3) is 2.95. The summed E-state index contributed by atoms with van der Waals surface area (Å²) >= 11 is 0. The molecule has 1 amide bonds. The quantitative estimate of drug-likeness (QED) is 0.779. The van der Waals surface area contributed by atoms with Gasteiger partial charge in [-0.15, -0.1) is 0 Å². The fourth-order valence-corrected chi connectivity index (χ4v) is 2.45. The number of carbonyl (C=O) groups excluding carboxylic acids is 1. The Kier molecular flexibility index (Phi) is 4.32. The van der Waals surface area contributed by atoms with Gasteiger partial charge in [0, 0.05) is 24.7 Å². The van der Waals surface area contributed by atoms with Crippen LogP contribution in [0.15, 0.2) is 12.1 Å². The predicted octanol–water partition coefficient (Wildman–Crippen LogP) is 2.27. The summed E-state index contributed by atoms with van der Waals surface area (Å²) in [6, 6.07) is 1.90. The summed E-state index contributed by atoms with van der Waals surface area (Å²) in [5.41, 5.74) is -0.148. The third-order valence-corrected chi connectivity index (χ3v) is 3.71. The molecule has 0 bridgehead atoms. The van der Waals surface area contributed by atoms with Crippen molar-refractivity contribution in [3.63, 3.8) is 0 Å². The first kappa shape index (κ1) is 14.8. The van der Waals surface area contributed by atoms with E-state index in [4.69, 9.17) is 0 Å². The fourth-order valence-electron chi connectivity index (χ4n) is 2.45. The molecule has 1 saturated heterocycles. The number of nitrogens with zero attached hydrogens (tertiary/aromatic N) is 2. The molecule has 1 aliphatic heterocycles. The molecule has 6 heteroatoms. The van der Waals surface area contributed by atoms with Crippen LogP contribution in [0.1, 0.15) is 23.2 Å². The Labute approximate surface area is 116 Å². The monoisotopic (exact) mass is 286 g/mol. The topological polar surface area (TPSA) is 23.6 Å². The molecule has 1 fully saturated rings. The minimum atomic E-state index is -1.55. The van der Waals surface area contributed by atoms with Gasteiger partial charge in [-0.1, -0.05) is 0 Å². The van der Waals surface area contributed by atoms with Crippen LogP contribution in [0.4, 0.5) is 13.2 Å². The SMILES string of the molecule is CN(C)C1CCN(C(=O)c2cc(F)c(F)c(F)c2)CC1. The van der Waals surface area contributed by atoms with Gasteiger partial charge < -0.3 is 9.80 Å². The lowest BCUT2D eigenvalue weighted by Gasteiger charge is -2.35. The van der Waals surface area contributed by atoms with Crippen molar-refractivity contribution in [2.24, 2.45) is 0 Å². The first-order valence-corrected chi connectivity index (χ1v) is 6.50. The van der Waals surface area contributed by atoms with E-state index in [1.807, 2.05) is 14.1 Å². The summed E-state index contributed by atoms with van der Waals surface area (Å²) < 4.78 is 39.2. The highest BCUT2D eigenvalue weighted by molar-refractivity contribution is 5.94. The lowest BCUT2D eigenvalue weighted by molar-refractivity contribution is 0.0662. The van der Waals surface area contributed by atoms with Crippen molar-refractivity contribution in [1.82, 2.24) is 9.80 Å². The third-order valence-electron chi connectivity index (χ3n) is 3.71. The normalized spacial score (nSPS) is 16.8. The van der Waals surface area contributed by atoms with Crippen LogP contribution >= 0.6 is 0 Å². The smallest absolute Gasteiger partial charge is 0.254 e. The first-order valence-electron chi connectivity index (χ1n) is 6.50. The van der Waals surface area contributed by atoms with E-state index in [1.165, 1.54) is 0 Å². The van der Waals surface area contributed by atoms with Gasteiger partial charge in [-0.25, -0.2) is 13.2 Å². The van der Waals surface area contributed by atoms with Crippen LogP contribution in [0.25, 0.3) is 0 Å². The Morgan fingerprint density at radius 2 is 1.65 bits per heavy atom. The number of hydrogen-bond acceptors (Lipinski definition) is 2. The van der Waals surface area contributed by atoms with Gasteiger partial charge in [-0.05, 0) is 39.1 Å². The summed E-state index contributed by atoms with van der Waals surface area (Å²) in [5, 5.41) is 0. The second-order valence-electron chi connectivity index (χ2n) is 5.24. The number of benzene rings is 1. The number of likely N-dealkylation sites (tertiary alicyclic amines) is 1. The summed E-state index contributed by atoms with van der Waals surface area (Å²) in [6.07, 6.45) is 1.62. The van der Waals surface area contributed by atoms with Crippen LogP contribution < -0.4 is 0 Å². The van der Waals surface area contributed by atoms with Gasteiger partial charge in [-0.2, -0.15) is 0 Å². The Bertz CT molecular complexity index is 488. The first-order chi connectivity index (χ1) is 9.40. The molecule has 0 unspecified atom stereocenters. The predicted molar refractivity (Wildman–Crippen MR) is 68.9 cm³/mol. The molecular formula is C14H17F3N2O. The average Bonchev–Trinajstić information content (AvgIpc) is 2.43. The summed E-state index contributed by atoms with van der Waals surface area (Å²) in [6.45, 7) is 1.06. The van der Waals surface area contributed by atoms with Crippen molar-refractivity contribution in [1.29, 1.82) is 0 Å². The van der Waals surface area contributed by atoms with E-state index < -0.39 is 23.4 Å². The van der Waals surface area contributed by atoms with E-state index >= 15 is 0 Å². The van der Waals surface area contributed by atoms with Gasteiger partial charge in [0.05, 0.1) is 0 Å². The molecule has 0 aliphatic carbocycles. The van der Waals surface area contributed by atoms with Crippen molar-refractivity contribution in [3.8, 4) is 0 Å². The standard InChI is InChI=1S/C14H17F3N2O/c1-18(2)10-3-5-19(6-4-10)14(20)9-7-11(15)13(17)12(16)8-9/h7-8,10H,3-6H2,1-2H3. The number of carbonyl (C=O) groups is 1. The number of rotatable bonds is 2. The minimum Gasteiger partial charge on any atom is -0.339 e. The van der Waals surface area contributed by atoms with Crippen LogP contribution in [0.5, 0.6) is 0 Å². The van der Waals surface area contributed by atoms with E-state index in [0.29, 0.717) is 19.1 Å². The van der Waals surface area contributed by atoms with Gasteiger partial charge >= 0.3 is 0 Å². The highest BCUT2D eigenvalue weighted by atomic mass is 19.2. The molecule has 2 rings (SSSR count). The van der Waals surface area contributed by atoms with E-state index in [0.717, 1.165) is 25.0 Å². The molecule has 110 valence electrons. The maximum absolute atomic E-state index is 13.1. The van der Waals surface area contributed by atoms with Crippen molar-refractivity contribution in [2.75, 3.05) is 27.2 Å². The van der Waals surface area contributed by atoms with Gasteiger partial charge in [0.2, 0.25) is 0 Å². The maximum atomic E-state index is 13.1. The van der Waals surface area contributed by atoms with Crippen molar-refractivity contribution >= 4 is 5.91 Å². The second kappa shape index (κ2) is 5.83. The Morgan fingerprint density at radius 1 is 1.15 bits per heavy atom. The molecular weight excluding hydrogens is 269 g/mol. The second-order valence-corrected chi connectivity index (χ2v) is 5.24. The van der Waals surface area contributed by atoms with Gasteiger partial charge in [-0.3, -0.25) is 4.79 Å². The molecule has 0 aromatic heterocycles. The lowest BCUT2D eigenvalue weighted by atomic mass is 10.0. The Hall–Kier alpha value is -1.56. The molecule has 20 heavy (non-hydrogen) atoms. The summed E-state index contributed by atoms with van der Waals surface area (Å²) in [5.74, 6) is -4.68. The van der Waals surface area contributed by atoms with Crippen LogP contribution in [0, 0.1) is 17.5 Å². The molecule has 1 aliphatic rings. The van der Waals surface area contributed by atoms with E-state index in [9.17, 15) is 18.0 Å². The summed E-state index contributed by atoms with van der Waals surface area (Å²) in [4.78, 5) is 15.8. The summed E-state index contributed by atoms with van der Waals surface area (Å²) in [7, 11) is 3.96. The van der Waals surface area contributed by atoms with Gasteiger partial charge in [0.1, 0.15) is 0 Å². The molecule has 0 atom stereocenters. The highest BCUT2D eigenvalue weighted by Crippen LogP contribution is 2.19. The van der Waals surface area contributed by atoms with E-state index in [2.05, 4.69) is 4.90 Å². The van der Waals surface area contributed by atoms with Gasteiger partial charge in [0.15, 0.2) is 17.5 Å². The zero-order valence-electron chi connectivity index (χ0n) is 11.5. The highest BCUT2D eigenvalue weighted by Gasteiger charge is 2.25. The number of piperidine rings is 1. The molecule has 3 nitrogen and oxygen atoms in total. The minimum absolute atomic E-state index is 0.148. The molecule has 0 radical (unpaired) electrons. The molecule has 1 aromatic carbocycles. The van der Waals surface area contributed by atoms with Gasteiger partial charge in [0.25, 0.3) is 5.91 Å². The van der Waals surface area contributed by atoms with Crippen molar-refractivity contribution in [2.45, 2.75) is 18.9 Å². The molecule has 0 saturated carbocycles. The average molecular weight is 286 g/mol. The maximum Gasteiger partial charge on any atom is 0.254 e. The van der Waals surface area contributed by atoms with Crippen LogP contribution in [0.3, 0.4) is 0 Å². The molecule has 1 heterocycles. The molecule has 0 spiro atoms. The number of halogens is 3. The van der Waals surface area contributed by atoms with E-state index in [1.54, 1.807) is 4.90 Å². The number of hydrogen-bond donors (Lipinski definition) is 0. The largest absolute Gasteiger partial charge is 0.339 e. The van der Waals surface area contributed by atoms with Crippen LogP contribution in [-0.4, -0.2) is 48.9 Å². The Balaban J connectivity index is 2.09. The van der Waals surface area contributed by atoms with Crippen molar-refractivity contribution in [3.05, 3.63) is 35.1 Å². The number of amides is 1. The zero-order chi connectivity index (χ0) is 14.9. The van der Waals surface area contributed by atoms with E-state index in [-0.39, 0.29) is 5.56 Å². The lowest BCUT2D eigenvalue weighted by Crippen LogP contribution is -2.44. The fraction of sp³-hybridized carbons (Fsp3) is 0.500. The van der Waals surface area contributed by atoms with Crippen molar-refractivity contribution < 1.29 is 18.0 Å².